The number of hydrogen-bond acceptors (Lipinski definition) is 3. The summed E-state index contributed by atoms with van der Waals surface area (Å²) in [5, 5.41) is 12.1. The molecule has 3 aromatic carbocycles. The maximum absolute atomic E-state index is 13.3. The fourth-order valence-electron chi connectivity index (χ4n) is 3.74. The lowest BCUT2D eigenvalue weighted by Gasteiger charge is -2.24. The third kappa shape index (κ3) is 8.14. The molecule has 0 heterocycles. The Labute approximate surface area is 212 Å². The Morgan fingerprint density at radius 3 is 2.19 bits per heavy atom. The van der Waals surface area contributed by atoms with E-state index < -0.39 is 23.9 Å². The molecule has 0 aromatic heterocycles. The Bertz CT molecular complexity index is 1230. The van der Waals surface area contributed by atoms with E-state index in [0.29, 0.717) is 30.4 Å². The van der Waals surface area contributed by atoms with Crippen molar-refractivity contribution in [2.45, 2.75) is 38.6 Å². The van der Waals surface area contributed by atoms with Gasteiger partial charge in [-0.1, -0.05) is 73.4 Å². The van der Waals surface area contributed by atoms with Gasteiger partial charge in [0.1, 0.15) is 0 Å². The van der Waals surface area contributed by atoms with E-state index in [4.69, 9.17) is 0 Å². The zero-order valence-electron chi connectivity index (χ0n) is 20.3. The third-order valence-electron chi connectivity index (χ3n) is 5.54. The second-order valence-electron chi connectivity index (χ2n) is 8.42. The van der Waals surface area contributed by atoms with Gasteiger partial charge in [-0.25, -0.2) is 4.79 Å². The minimum absolute atomic E-state index is 0.211. The summed E-state index contributed by atoms with van der Waals surface area (Å²) < 4.78 is 0. The Balaban J connectivity index is 1.73. The molecule has 0 radical (unpaired) electrons. The number of imide groups is 1. The number of rotatable bonds is 9. The van der Waals surface area contributed by atoms with Gasteiger partial charge in [-0.05, 0) is 55.2 Å². The highest BCUT2D eigenvalue weighted by molar-refractivity contribution is 6.04. The number of carboxylic acid groups (broad SMARTS) is 1. The van der Waals surface area contributed by atoms with E-state index >= 15 is 0 Å². The first-order valence-corrected chi connectivity index (χ1v) is 12.0. The lowest BCUT2D eigenvalue weighted by Crippen LogP contribution is -2.48. The van der Waals surface area contributed by atoms with Crippen LogP contribution in [-0.4, -0.2) is 40.5 Å². The number of urea groups is 1. The number of carbonyl (C=O) groups excluding carboxylic acids is 2. The van der Waals surface area contributed by atoms with Gasteiger partial charge in [-0.15, -0.1) is 0 Å². The van der Waals surface area contributed by atoms with Gasteiger partial charge >= 0.3 is 12.0 Å². The molecule has 3 amide bonds. The summed E-state index contributed by atoms with van der Waals surface area (Å²) in [5.74, 6) is 4.66. The van der Waals surface area contributed by atoms with Gasteiger partial charge in [-0.3, -0.25) is 14.5 Å². The fraction of sp³-hybridized carbons (Fsp3) is 0.233. The molecule has 0 saturated carbocycles. The molecule has 184 valence electrons. The average Bonchev–Trinajstić information content (AvgIpc) is 2.90. The molecule has 0 aliphatic heterocycles. The molecular weight excluding hydrogens is 452 g/mol. The molecule has 2 N–H and O–H groups in total. The van der Waals surface area contributed by atoms with Gasteiger partial charge in [0.25, 0.3) is 5.91 Å². The highest BCUT2D eigenvalue weighted by Gasteiger charge is 2.25. The van der Waals surface area contributed by atoms with Crippen LogP contribution in [0.25, 0.3) is 0 Å². The first kappa shape index (κ1) is 26.2. The molecule has 36 heavy (non-hydrogen) atoms. The summed E-state index contributed by atoms with van der Waals surface area (Å²) >= 11 is 0. The Morgan fingerprint density at radius 2 is 1.53 bits per heavy atom. The lowest BCUT2D eigenvalue weighted by atomic mass is 10.0. The lowest BCUT2D eigenvalue weighted by molar-refractivity contribution is -0.137. The minimum Gasteiger partial charge on any atom is -0.481 e. The first-order valence-electron chi connectivity index (χ1n) is 12.0. The summed E-state index contributed by atoms with van der Waals surface area (Å²) in [6.07, 6.45) is 1.40. The standard InChI is InChI=1S/C30H30N2O4/c1-2-20-32(30(36)31-27(22-28(33)34)19-18-24-12-7-4-8-13-24)29(35)26-15-9-14-25(21-26)17-16-23-10-5-3-6-11-23/h3-15,21,27H,2,18-20,22H2,1H3,(H,31,36)(H,33,34). The second-order valence-corrected chi connectivity index (χ2v) is 8.42. The predicted molar refractivity (Wildman–Crippen MR) is 140 cm³/mol. The van der Waals surface area contributed by atoms with E-state index in [0.717, 1.165) is 16.0 Å². The molecule has 0 aliphatic rings. The van der Waals surface area contributed by atoms with Gasteiger partial charge in [0, 0.05) is 29.3 Å². The summed E-state index contributed by atoms with van der Waals surface area (Å²) in [7, 11) is 0. The van der Waals surface area contributed by atoms with Crippen LogP contribution < -0.4 is 5.32 Å². The van der Waals surface area contributed by atoms with E-state index in [1.165, 1.54) is 0 Å². The largest absolute Gasteiger partial charge is 0.481 e. The Hall–Kier alpha value is -4.37. The zero-order chi connectivity index (χ0) is 25.8. The highest BCUT2D eigenvalue weighted by Crippen LogP contribution is 2.12. The molecule has 3 rings (SSSR count). The number of carbonyl (C=O) groups is 3. The highest BCUT2D eigenvalue weighted by atomic mass is 16.4. The van der Waals surface area contributed by atoms with Crippen molar-refractivity contribution in [3.8, 4) is 11.8 Å². The Morgan fingerprint density at radius 1 is 0.889 bits per heavy atom. The third-order valence-corrected chi connectivity index (χ3v) is 5.54. The number of carboxylic acids is 1. The number of amides is 3. The molecule has 0 aliphatic carbocycles. The van der Waals surface area contributed by atoms with Crippen molar-refractivity contribution in [3.05, 3.63) is 107 Å². The molecule has 1 atom stereocenters. The molecule has 3 aromatic rings. The van der Waals surface area contributed by atoms with Crippen LogP contribution in [0.3, 0.4) is 0 Å². The van der Waals surface area contributed by atoms with Crippen LogP contribution in [0.1, 0.15) is 53.2 Å². The number of aryl methyl sites for hydroxylation is 1. The number of nitrogens with zero attached hydrogens (tertiary/aromatic N) is 1. The van der Waals surface area contributed by atoms with Crippen LogP contribution in [0.4, 0.5) is 4.79 Å². The van der Waals surface area contributed by atoms with Crippen molar-refractivity contribution in [1.82, 2.24) is 10.2 Å². The van der Waals surface area contributed by atoms with Crippen LogP contribution in [-0.2, 0) is 11.2 Å². The van der Waals surface area contributed by atoms with Crippen LogP contribution in [0, 0.1) is 11.8 Å². The molecule has 1 unspecified atom stereocenters. The summed E-state index contributed by atoms with van der Waals surface area (Å²) in [6.45, 7) is 2.09. The summed E-state index contributed by atoms with van der Waals surface area (Å²) in [4.78, 5) is 39.0. The smallest absolute Gasteiger partial charge is 0.324 e. The normalized spacial score (nSPS) is 11.0. The van der Waals surface area contributed by atoms with Crippen molar-refractivity contribution in [2.24, 2.45) is 0 Å². The van der Waals surface area contributed by atoms with Gasteiger partial charge in [0.2, 0.25) is 0 Å². The van der Waals surface area contributed by atoms with Crippen molar-refractivity contribution in [3.63, 3.8) is 0 Å². The van der Waals surface area contributed by atoms with Crippen molar-refractivity contribution in [1.29, 1.82) is 0 Å². The maximum atomic E-state index is 13.3. The van der Waals surface area contributed by atoms with Gasteiger partial charge in [0.15, 0.2) is 0 Å². The number of benzene rings is 3. The Kier molecular flexibility index (Phi) is 9.84. The number of hydrogen-bond donors (Lipinski definition) is 2. The van der Waals surface area contributed by atoms with Crippen LogP contribution >= 0.6 is 0 Å². The summed E-state index contributed by atoms with van der Waals surface area (Å²) in [6, 6.07) is 24.9. The molecule has 0 bridgehead atoms. The van der Waals surface area contributed by atoms with Gasteiger partial charge in [-0.2, -0.15) is 0 Å². The zero-order valence-corrected chi connectivity index (χ0v) is 20.3. The average molecular weight is 483 g/mol. The minimum atomic E-state index is -1.01. The molecule has 0 spiro atoms. The van der Waals surface area contributed by atoms with Crippen LogP contribution in [0.15, 0.2) is 84.9 Å². The van der Waals surface area contributed by atoms with E-state index in [1.54, 1.807) is 18.2 Å². The van der Waals surface area contributed by atoms with Crippen molar-refractivity contribution in [2.75, 3.05) is 6.54 Å². The van der Waals surface area contributed by atoms with Crippen LogP contribution in [0.2, 0.25) is 0 Å². The topological polar surface area (TPSA) is 86.7 Å². The van der Waals surface area contributed by atoms with Gasteiger partial charge < -0.3 is 10.4 Å². The van der Waals surface area contributed by atoms with E-state index in [1.807, 2.05) is 73.7 Å². The van der Waals surface area contributed by atoms with Crippen LogP contribution in [0.5, 0.6) is 0 Å². The number of aliphatic carboxylic acids is 1. The van der Waals surface area contributed by atoms with E-state index in [9.17, 15) is 19.5 Å². The summed E-state index contributed by atoms with van der Waals surface area (Å²) in [5.41, 5.74) is 2.92. The molecule has 0 saturated heterocycles. The quantitative estimate of drug-likeness (QED) is 0.414. The van der Waals surface area contributed by atoms with Crippen molar-refractivity contribution < 1.29 is 19.5 Å². The molecular formula is C30H30N2O4. The SMILES string of the molecule is CCCN(C(=O)NC(CCc1ccccc1)CC(=O)O)C(=O)c1cccc(C#Cc2ccccc2)c1. The molecule has 6 nitrogen and oxygen atoms in total. The van der Waals surface area contributed by atoms with E-state index in [-0.39, 0.29) is 13.0 Å². The second kappa shape index (κ2) is 13.5. The monoisotopic (exact) mass is 482 g/mol. The number of nitrogens with one attached hydrogen (secondary N) is 1. The van der Waals surface area contributed by atoms with Crippen molar-refractivity contribution >= 4 is 17.9 Å². The maximum Gasteiger partial charge on any atom is 0.324 e. The predicted octanol–water partition coefficient (Wildman–Crippen LogP) is 5.12. The molecule has 6 heteroatoms. The van der Waals surface area contributed by atoms with Gasteiger partial charge in [0.05, 0.1) is 6.42 Å². The fourth-order valence-corrected chi connectivity index (χ4v) is 3.74. The molecule has 0 fully saturated rings. The first-order chi connectivity index (χ1) is 17.5. The van der Waals surface area contributed by atoms with E-state index in [2.05, 4.69) is 17.2 Å².